The maximum absolute atomic E-state index is 11.9. The van der Waals surface area contributed by atoms with E-state index in [1.807, 2.05) is 12.1 Å². The third kappa shape index (κ3) is 5.53. The number of rotatable bonds is 7. The number of unbranched alkanes of at least 4 members (excludes halogenated alkanes) is 1. The minimum atomic E-state index is -0.659. The van der Waals surface area contributed by atoms with Crippen molar-refractivity contribution in [2.24, 2.45) is 5.41 Å². The number of nitriles is 1. The molecule has 0 saturated carbocycles. The fourth-order valence-corrected chi connectivity index (χ4v) is 2.56. The molecule has 0 fully saturated rings. The Morgan fingerprint density at radius 1 is 1.50 bits per heavy atom. The van der Waals surface area contributed by atoms with E-state index >= 15 is 0 Å². The Morgan fingerprint density at radius 3 is 2.82 bits per heavy atom. The van der Waals surface area contributed by atoms with Crippen molar-refractivity contribution in [2.45, 2.75) is 46.5 Å². The molecule has 0 atom stereocenters. The Kier molecular flexibility index (Phi) is 7.13. The van der Waals surface area contributed by atoms with Gasteiger partial charge < -0.3 is 15.2 Å². The summed E-state index contributed by atoms with van der Waals surface area (Å²) in [6.45, 7) is 6.93. The highest BCUT2D eigenvalue weighted by atomic mass is 16.5. The summed E-state index contributed by atoms with van der Waals surface area (Å²) in [5, 5.41) is 21.4. The lowest BCUT2D eigenvalue weighted by Crippen LogP contribution is -2.26. The molecule has 22 heavy (non-hydrogen) atoms. The molecule has 0 aliphatic heterocycles. The van der Waals surface area contributed by atoms with E-state index < -0.39 is 5.97 Å². The molecule has 0 heterocycles. The fraction of sp³-hybridized carbons (Fsp3) is 0.647. The van der Waals surface area contributed by atoms with Crippen molar-refractivity contribution in [2.75, 3.05) is 19.8 Å². The molecular formula is C17H26N2O3. The van der Waals surface area contributed by atoms with Crippen LogP contribution in [0.3, 0.4) is 0 Å². The molecule has 5 nitrogen and oxygen atoms in total. The first-order valence-corrected chi connectivity index (χ1v) is 7.79. The second-order valence-corrected chi connectivity index (χ2v) is 6.34. The summed E-state index contributed by atoms with van der Waals surface area (Å²) >= 11 is 0. The Balaban J connectivity index is 3.01. The molecular weight excluding hydrogens is 280 g/mol. The summed E-state index contributed by atoms with van der Waals surface area (Å²) in [5.74, 6) is -0.659. The SMILES string of the molecule is CCCCNC1=C/C(=C(/C#N)C(=O)OCCO)CC(C)(C)C1. The fourth-order valence-electron chi connectivity index (χ4n) is 2.56. The van der Waals surface area contributed by atoms with Crippen LogP contribution in [0.5, 0.6) is 0 Å². The molecule has 0 spiro atoms. The summed E-state index contributed by atoms with van der Waals surface area (Å²) in [6, 6.07) is 1.96. The quantitative estimate of drug-likeness (QED) is 0.327. The van der Waals surface area contributed by atoms with Crippen molar-refractivity contribution in [1.29, 1.82) is 5.26 Å². The number of esters is 1. The van der Waals surface area contributed by atoms with Crippen LogP contribution in [0.25, 0.3) is 0 Å². The summed E-state index contributed by atoms with van der Waals surface area (Å²) in [4.78, 5) is 11.9. The van der Waals surface area contributed by atoms with Crippen LogP contribution >= 0.6 is 0 Å². The highest BCUT2D eigenvalue weighted by molar-refractivity contribution is 5.94. The molecule has 122 valence electrons. The monoisotopic (exact) mass is 306 g/mol. The zero-order valence-corrected chi connectivity index (χ0v) is 13.7. The lowest BCUT2D eigenvalue weighted by atomic mass is 9.76. The summed E-state index contributed by atoms with van der Waals surface area (Å²) in [7, 11) is 0. The van der Waals surface area contributed by atoms with E-state index in [1.54, 1.807) is 0 Å². The Hall–Kier alpha value is -1.80. The Labute approximate surface area is 132 Å². The highest BCUT2D eigenvalue weighted by Crippen LogP contribution is 2.38. The van der Waals surface area contributed by atoms with Gasteiger partial charge in [0, 0.05) is 12.2 Å². The maximum atomic E-state index is 11.9. The normalized spacial score (nSPS) is 19.0. The second kappa shape index (κ2) is 8.60. The average Bonchev–Trinajstić information content (AvgIpc) is 2.44. The van der Waals surface area contributed by atoms with Crippen LogP contribution in [0.15, 0.2) is 22.9 Å². The molecule has 0 saturated heterocycles. The van der Waals surface area contributed by atoms with Gasteiger partial charge in [0.15, 0.2) is 0 Å². The number of hydrogen-bond donors (Lipinski definition) is 2. The van der Waals surface area contributed by atoms with Crippen molar-refractivity contribution in [3.05, 3.63) is 22.9 Å². The predicted molar refractivity (Wildman–Crippen MR) is 84.7 cm³/mol. The molecule has 1 aliphatic rings. The average molecular weight is 306 g/mol. The van der Waals surface area contributed by atoms with Crippen LogP contribution in [-0.4, -0.2) is 30.8 Å². The number of aliphatic hydroxyl groups is 1. The number of nitrogens with one attached hydrogen (secondary N) is 1. The molecule has 0 bridgehead atoms. The van der Waals surface area contributed by atoms with E-state index in [4.69, 9.17) is 9.84 Å². The molecule has 5 heteroatoms. The summed E-state index contributed by atoms with van der Waals surface area (Å²) in [6.07, 6.45) is 5.65. The lowest BCUT2D eigenvalue weighted by molar-refractivity contribution is -0.139. The van der Waals surface area contributed by atoms with Gasteiger partial charge in [-0.3, -0.25) is 0 Å². The number of carbonyl (C=O) groups is 1. The van der Waals surface area contributed by atoms with E-state index in [9.17, 15) is 10.1 Å². The van der Waals surface area contributed by atoms with Crippen LogP contribution < -0.4 is 5.32 Å². The number of aliphatic hydroxyl groups excluding tert-OH is 1. The molecule has 1 aliphatic carbocycles. The number of allylic oxidation sites excluding steroid dienone is 3. The van der Waals surface area contributed by atoms with Gasteiger partial charge in [-0.2, -0.15) is 5.26 Å². The van der Waals surface area contributed by atoms with Crippen LogP contribution in [-0.2, 0) is 9.53 Å². The number of nitrogens with zero attached hydrogens (tertiary/aromatic N) is 1. The zero-order chi connectivity index (χ0) is 16.6. The summed E-state index contributed by atoms with van der Waals surface area (Å²) < 4.78 is 4.88. The van der Waals surface area contributed by atoms with Gasteiger partial charge in [0.1, 0.15) is 18.2 Å². The second-order valence-electron chi connectivity index (χ2n) is 6.34. The standard InChI is InChI=1S/C17H26N2O3/c1-4-5-6-19-14-9-13(10-17(2,3)11-14)15(12-18)16(21)22-8-7-20/h9,19-20H,4-8,10-11H2,1-3H3/b15-13+. The molecule has 0 aromatic carbocycles. The van der Waals surface area contributed by atoms with E-state index in [2.05, 4.69) is 26.1 Å². The van der Waals surface area contributed by atoms with Crippen LogP contribution in [0.4, 0.5) is 0 Å². The van der Waals surface area contributed by atoms with Crippen molar-refractivity contribution in [3.8, 4) is 6.07 Å². The Bertz CT molecular complexity index is 499. The molecule has 0 aromatic heterocycles. The van der Waals surface area contributed by atoms with Crippen LogP contribution in [0.2, 0.25) is 0 Å². The van der Waals surface area contributed by atoms with Crippen molar-refractivity contribution >= 4 is 5.97 Å². The van der Waals surface area contributed by atoms with E-state index in [-0.39, 0.29) is 24.2 Å². The highest BCUT2D eigenvalue weighted by Gasteiger charge is 2.29. The molecule has 0 aromatic rings. The van der Waals surface area contributed by atoms with Gasteiger partial charge in [-0.1, -0.05) is 27.2 Å². The first kappa shape index (κ1) is 18.2. The molecule has 0 radical (unpaired) electrons. The topological polar surface area (TPSA) is 82.4 Å². The zero-order valence-electron chi connectivity index (χ0n) is 13.7. The third-order valence-corrected chi connectivity index (χ3v) is 3.53. The molecule has 2 N–H and O–H groups in total. The van der Waals surface area contributed by atoms with E-state index in [0.29, 0.717) is 12.0 Å². The van der Waals surface area contributed by atoms with Gasteiger partial charge in [-0.15, -0.1) is 0 Å². The molecule has 1 rings (SSSR count). The minimum Gasteiger partial charge on any atom is -0.459 e. The smallest absolute Gasteiger partial charge is 0.349 e. The first-order valence-electron chi connectivity index (χ1n) is 7.79. The van der Waals surface area contributed by atoms with Gasteiger partial charge in [0.25, 0.3) is 0 Å². The van der Waals surface area contributed by atoms with Gasteiger partial charge in [0.05, 0.1) is 6.61 Å². The molecule has 0 amide bonds. The number of carbonyl (C=O) groups excluding carboxylic acids is 1. The summed E-state index contributed by atoms with van der Waals surface area (Å²) in [5.41, 5.74) is 1.79. The third-order valence-electron chi connectivity index (χ3n) is 3.53. The first-order chi connectivity index (χ1) is 10.4. The number of ether oxygens (including phenoxy) is 1. The van der Waals surface area contributed by atoms with Gasteiger partial charge in [-0.25, -0.2) is 4.79 Å². The van der Waals surface area contributed by atoms with Crippen LogP contribution in [0, 0.1) is 16.7 Å². The van der Waals surface area contributed by atoms with E-state index in [1.165, 1.54) is 0 Å². The number of hydrogen-bond acceptors (Lipinski definition) is 5. The minimum absolute atomic E-state index is 0.0159. The molecule has 0 unspecified atom stereocenters. The van der Waals surface area contributed by atoms with E-state index in [0.717, 1.165) is 31.5 Å². The van der Waals surface area contributed by atoms with Crippen molar-refractivity contribution in [1.82, 2.24) is 5.32 Å². The predicted octanol–water partition coefficient (Wildman–Crippen LogP) is 2.44. The van der Waals surface area contributed by atoms with Gasteiger partial charge in [-0.05, 0) is 36.3 Å². The van der Waals surface area contributed by atoms with Crippen molar-refractivity contribution in [3.63, 3.8) is 0 Å². The Morgan fingerprint density at radius 2 is 2.23 bits per heavy atom. The largest absolute Gasteiger partial charge is 0.459 e. The van der Waals surface area contributed by atoms with Gasteiger partial charge >= 0.3 is 5.97 Å². The van der Waals surface area contributed by atoms with Gasteiger partial charge in [0.2, 0.25) is 0 Å². The van der Waals surface area contributed by atoms with Crippen molar-refractivity contribution < 1.29 is 14.6 Å². The maximum Gasteiger partial charge on any atom is 0.349 e. The lowest BCUT2D eigenvalue weighted by Gasteiger charge is -2.32. The van der Waals surface area contributed by atoms with Crippen LogP contribution in [0.1, 0.15) is 46.5 Å².